The SMILES string of the molecule is CC(O)C(O)(C(CO)C(N)=O)N(C=O)C(N)=O. The third-order valence-electron chi connectivity index (χ3n) is 2.38. The van der Waals surface area contributed by atoms with Crippen LogP contribution in [0.15, 0.2) is 0 Å². The fraction of sp³-hybridized carbons (Fsp3) is 0.625. The predicted molar refractivity (Wildman–Crippen MR) is 53.9 cm³/mol. The Morgan fingerprint density at radius 3 is 2.12 bits per heavy atom. The maximum atomic E-state index is 11.0. The zero-order chi connectivity index (χ0) is 13.8. The van der Waals surface area contributed by atoms with E-state index in [2.05, 4.69) is 0 Å². The first kappa shape index (κ1) is 15.3. The third kappa shape index (κ3) is 2.70. The molecule has 3 atom stereocenters. The number of hydrogen-bond donors (Lipinski definition) is 5. The Morgan fingerprint density at radius 2 is 1.94 bits per heavy atom. The largest absolute Gasteiger partial charge is 0.395 e. The lowest BCUT2D eigenvalue weighted by molar-refractivity contribution is -0.194. The molecule has 0 aliphatic carbocycles. The number of nitrogens with two attached hydrogens (primary N) is 2. The first-order chi connectivity index (χ1) is 7.73. The molecule has 0 saturated heterocycles. The van der Waals surface area contributed by atoms with E-state index in [4.69, 9.17) is 16.6 Å². The zero-order valence-corrected chi connectivity index (χ0v) is 9.11. The average Bonchev–Trinajstić information content (AvgIpc) is 2.17. The Morgan fingerprint density at radius 1 is 1.47 bits per heavy atom. The van der Waals surface area contributed by atoms with E-state index >= 15 is 0 Å². The van der Waals surface area contributed by atoms with Gasteiger partial charge in [0.1, 0.15) is 12.0 Å². The van der Waals surface area contributed by atoms with Gasteiger partial charge in [-0.05, 0) is 6.92 Å². The molecule has 0 aliphatic heterocycles. The fourth-order valence-electron chi connectivity index (χ4n) is 1.41. The molecule has 0 rings (SSSR count). The zero-order valence-electron chi connectivity index (χ0n) is 9.11. The highest BCUT2D eigenvalue weighted by atomic mass is 16.4. The Labute approximate surface area is 96.6 Å². The van der Waals surface area contributed by atoms with E-state index in [1.54, 1.807) is 0 Å². The van der Waals surface area contributed by atoms with Crippen LogP contribution >= 0.6 is 0 Å². The van der Waals surface area contributed by atoms with Gasteiger partial charge in [-0.2, -0.15) is 0 Å². The van der Waals surface area contributed by atoms with Crippen molar-refractivity contribution in [3.8, 4) is 0 Å². The fourth-order valence-corrected chi connectivity index (χ4v) is 1.41. The molecule has 0 aliphatic rings. The lowest BCUT2D eigenvalue weighted by Crippen LogP contribution is -2.66. The quantitative estimate of drug-likeness (QED) is 0.244. The summed E-state index contributed by atoms with van der Waals surface area (Å²) in [6.45, 7) is 0.0272. The smallest absolute Gasteiger partial charge is 0.323 e. The topological polar surface area (TPSA) is 167 Å². The summed E-state index contributed by atoms with van der Waals surface area (Å²) < 4.78 is 0. The number of aliphatic hydroxyl groups excluding tert-OH is 2. The van der Waals surface area contributed by atoms with Crippen LogP contribution in [0.2, 0.25) is 0 Å². The summed E-state index contributed by atoms with van der Waals surface area (Å²) in [7, 11) is 0. The van der Waals surface area contributed by atoms with Gasteiger partial charge < -0.3 is 26.8 Å². The molecule has 17 heavy (non-hydrogen) atoms. The monoisotopic (exact) mass is 249 g/mol. The molecule has 0 aromatic heterocycles. The van der Waals surface area contributed by atoms with Crippen LogP contribution in [0.4, 0.5) is 4.79 Å². The minimum atomic E-state index is -2.70. The van der Waals surface area contributed by atoms with Gasteiger partial charge >= 0.3 is 6.03 Å². The molecule has 3 unspecified atom stereocenters. The summed E-state index contributed by atoms with van der Waals surface area (Å²) in [4.78, 5) is 32.6. The van der Waals surface area contributed by atoms with Crippen LogP contribution in [0.1, 0.15) is 6.92 Å². The van der Waals surface area contributed by atoms with Crippen LogP contribution < -0.4 is 11.5 Å². The van der Waals surface area contributed by atoms with E-state index in [0.717, 1.165) is 6.92 Å². The number of primary amides is 2. The van der Waals surface area contributed by atoms with Crippen molar-refractivity contribution >= 4 is 18.3 Å². The van der Waals surface area contributed by atoms with E-state index in [0.29, 0.717) is 0 Å². The molecule has 9 heteroatoms. The lowest BCUT2D eigenvalue weighted by atomic mass is 9.89. The minimum absolute atomic E-state index is 0.00329. The molecule has 4 amide bonds. The van der Waals surface area contributed by atoms with Crippen molar-refractivity contribution in [3.05, 3.63) is 0 Å². The Kier molecular flexibility index (Phi) is 5.01. The third-order valence-corrected chi connectivity index (χ3v) is 2.38. The second kappa shape index (κ2) is 5.57. The average molecular weight is 249 g/mol. The highest BCUT2D eigenvalue weighted by Crippen LogP contribution is 2.25. The number of aliphatic hydroxyl groups is 3. The van der Waals surface area contributed by atoms with Gasteiger partial charge in [-0.25, -0.2) is 9.69 Å². The van der Waals surface area contributed by atoms with Crippen molar-refractivity contribution in [1.82, 2.24) is 4.90 Å². The van der Waals surface area contributed by atoms with E-state index in [1.807, 2.05) is 0 Å². The van der Waals surface area contributed by atoms with Gasteiger partial charge in [-0.3, -0.25) is 9.59 Å². The van der Waals surface area contributed by atoms with Crippen LogP contribution in [0.5, 0.6) is 0 Å². The molecule has 0 heterocycles. The molecule has 0 aromatic carbocycles. The lowest BCUT2D eigenvalue weighted by Gasteiger charge is -2.40. The van der Waals surface area contributed by atoms with E-state index < -0.39 is 36.3 Å². The summed E-state index contributed by atoms with van der Waals surface area (Å²) in [5, 5.41) is 28.4. The van der Waals surface area contributed by atoms with Gasteiger partial charge in [0, 0.05) is 0 Å². The molecule has 0 bridgehead atoms. The number of amides is 4. The van der Waals surface area contributed by atoms with E-state index in [-0.39, 0.29) is 11.3 Å². The molecule has 0 fully saturated rings. The van der Waals surface area contributed by atoms with Gasteiger partial charge in [0.25, 0.3) is 0 Å². The van der Waals surface area contributed by atoms with Gasteiger partial charge in [0.2, 0.25) is 12.3 Å². The molecule has 0 spiro atoms. The summed E-state index contributed by atoms with van der Waals surface area (Å²) in [5.74, 6) is -2.97. The normalized spacial score (nSPS) is 17.6. The van der Waals surface area contributed by atoms with Crippen LogP contribution in [0, 0.1) is 5.92 Å². The van der Waals surface area contributed by atoms with Gasteiger partial charge in [-0.15, -0.1) is 0 Å². The molecule has 0 radical (unpaired) electrons. The van der Waals surface area contributed by atoms with Gasteiger partial charge in [0.15, 0.2) is 5.72 Å². The molecule has 98 valence electrons. The molecule has 9 nitrogen and oxygen atoms in total. The van der Waals surface area contributed by atoms with Crippen molar-refractivity contribution in [2.75, 3.05) is 6.61 Å². The summed E-state index contributed by atoms with van der Waals surface area (Å²) in [5.41, 5.74) is 7.01. The first-order valence-corrected chi connectivity index (χ1v) is 4.58. The van der Waals surface area contributed by atoms with Crippen molar-refractivity contribution in [1.29, 1.82) is 0 Å². The van der Waals surface area contributed by atoms with E-state index in [1.165, 1.54) is 0 Å². The second-order valence-electron chi connectivity index (χ2n) is 3.41. The maximum absolute atomic E-state index is 11.0. The first-order valence-electron chi connectivity index (χ1n) is 4.58. The highest BCUT2D eigenvalue weighted by molar-refractivity contribution is 5.86. The van der Waals surface area contributed by atoms with Gasteiger partial charge in [-0.1, -0.05) is 0 Å². The number of rotatable bonds is 6. The Balaban J connectivity index is 5.63. The van der Waals surface area contributed by atoms with Crippen molar-refractivity contribution in [3.63, 3.8) is 0 Å². The Hall–Kier alpha value is -1.71. The molecule has 0 saturated carbocycles. The maximum Gasteiger partial charge on any atom is 0.323 e. The van der Waals surface area contributed by atoms with Crippen LogP contribution in [-0.2, 0) is 9.59 Å². The van der Waals surface area contributed by atoms with Crippen LogP contribution in [0.25, 0.3) is 0 Å². The highest BCUT2D eigenvalue weighted by Gasteiger charge is 2.51. The Bertz CT molecular complexity index is 320. The number of carbonyl (C=O) groups excluding carboxylic acids is 3. The summed E-state index contributed by atoms with van der Waals surface area (Å²) in [6.07, 6.45) is -1.91. The number of urea groups is 1. The number of hydrogen-bond acceptors (Lipinski definition) is 6. The number of imide groups is 1. The van der Waals surface area contributed by atoms with Crippen LogP contribution in [0.3, 0.4) is 0 Å². The number of carbonyl (C=O) groups is 3. The molecule has 0 aromatic rings. The molecule has 7 N–H and O–H groups in total. The van der Waals surface area contributed by atoms with Crippen molar-refractivity contribution in [2.45, 2.75) is 18.8 Å². The predicted octanol–water partition coefficient (Wildman–Crippen LogP) is -3.31. The summed E-state index contributed by atoms with van der Waals surface area (Å²) >= 11 is 0. The van der Waals surface area contributed by atoms with Gasteiger partial charge in [0.05, 0.1) is 6.61 Å². The van der Waals surface area contributed by atoms with Crippen LogP contribution in [-0.4, -0.2) is 57.0 Å². The summed E-state index contributed by atoms with van der Waals surface area (Å²) in [6, 6.07) is -1.40. The number of nitrogens with zero attached hydrogens (tertiary/aromatic N) is 1. The van der Waals surface area contributed by atoms with Crippen molar-refractivity contribution in [2.24, 2.45) is 17.4 Å². The van der Waals surface area contributed by atoms with Crippen molar-refractivity contribution < 1.29 is 29.7 Å². The van der Waals surface area contributed by atoms with E-state index in [9.17, 15) is 24.6 Å². The standard InChI is InChI=1S/C8H15N3O6/c1-4(14)8(17,5(2-12)6(9)15)11(3-13)7(10)16/h3-5,12,14,17H,2H2,1H3,(H2,9,15)(H2,10,16). The molecular weight excluding hydrogens is 234 g/mol. The molecular formula is C8H15N3O6. The minimum Gasteiger partial charge on any atom is -0.395 e. The second-order valence-corrected chi connectivity index (χ2v) is 3.41.